The monoisotopic (exact) mass is 393 g/mol. The van der Waals surface area contributed by atoms with Crippen molar-refractivity contribution < 1.29 is 9.59 Å². The molecule has 0 saturated carbocycles. The van der Waals surface area contributed by atoms with Gasteiger partial charge in [-0.2, -0.15) is 0 Å². The van der Waals surface area contributed by atoms with Crippen LogP contribution in [0.5, 0.6) is 0 Å². The summed E-state index contributed by atoms with van der Waals surface area (Å²) in [5.41, 5.74) is 6.75. The molecule has 0 unspecified atom stereocenters. The van der Waals surface area contributed by atoms with E-state index in [9.17, 15) is 9.59 Å². The summed E-state index contributed by atoms with van der Waals surface area (Å²) in [5.74, 6) is -0.689. The van der Waals surface area contributed by atoms with Crippen molar-refractivity contribution in [3.05, 3.63) is 100 Å². The standard InChI is InChI=1S/C27H23NO2/c1-15-12-13-16(2)21(14-15)28-25(29)24-22-17-8-4-6-10-19(17)23(27(24,3)26(28)30)20-11-7-5-9-18(20)22/h4-14,22-24H,1-3H3/t22?,23?,24-,27-/m0/s1. The zero-order valence-corrected chi connectivity index (χ0v) is 17.3. The van der Waals surface area contributed by atoms with Crippen molar-refractivity contribution in [1.82, 2.24) is 0 Å². The molecule has 1 saturated heterocycles. The lowest BCUT2D eigenvalue weighted by Gasteiger charge is -2.51. The summed E-state index contributed by atoms with van der Waals surface area (Å²) in [6, 6.07) is 22.7. The second kappa shape index (κ2) is 5.69. The van der Waals surface area contributed by atoms with Crippen LogP contribution in [-0.2, 0) is 9.59 Å². The predicted molar refractivity (Wildman–Crippen MR) is 117 cm³/mol. The van der Waals surface area contributed by atoms with Gasteiger partial charge in [0.25, 0.3) is 0 Å². The van der Waals surface area contributed by atoms with Crippen molar-refractivity contribution in [3.63, 3.8) is 0 Å². The average Bonchev–Trinajstić information content (AvgIpc) is 2.96. The van der Waals surface area contributed by atoms with Gasteiger partial charge in [0.15, 0.2) is 0 Å². The molecule has 2 bridgehead atoms. The molecule has 3 heteroatoms. The van der Waals surface area contributed by atoms with Crippen molar-refractivity contribution in [2.75, 3.05) is 4.90 Å². The van der Waals surface area contributed by atoms with Crippen molar-refractivity contribution in [3.8, 4) is 0 Å². The van der Waals surface area contributed by atoms with Crippen LogP contribution in [0.25, 0.3) is 0 Å². The van der Waals surface area contributed by atoms with Gasteiger partial charge in [-0.15, -0.1) is 0 Å². The highest BCUT2D eigenvalue weighted by Crippen LogP contribution is 2.67. The van der Waals surface area contributed by atoms with Crippen LogP contribution in [0.3, 0.4) is 0 Å². The Kier molecular flexibility index (Phi) is 3.35. The van der Waals surface area contributed by atoms with E-state index in [2.05, 4.69) is 24.3 Å². The van der Waals surface area contributed by atoms with Gasteiger partial charge in [-0.3, -0.25) is 9.59 Å². The third-order valence-corrected chi connectivity index (χ3v) is 7.62. The third kappa shape index (κ3) is 1.91. The second-order valence-corrected chi connectivity index (χ2v) is 9.20. The quantitative estimate of drug-likeness (QED) is 0.540. The van der Waals surface area contributed by atoms with E-state index in [1.165, 1.54) is 27.2 Å². The molecule has 3 aromatic rings. The summed E-state index contributed by atoms with van der Waals surface area (Å²) in [5, 5.41) is 0. The Morgan fingerprint density at radius 2 is 1.37 bits per heavy atom. The number of benzene rings is 3. The molecule has 4 aliphatic rings. The maximum Gasteiger partial charge on any atom is 0.241 e. The zero-order valence-electron chi connectivity index (χ0n) is 17.3. The van der Waals surface area contributed by atoms with Crippen molar-refractivity contribution in [2.45, 2.75) is 32.6 Å². The third-order valence-electron chi connectivity index (χ3n) is 7.62. The van der Waals surface area contributed by atoms with Gasteiger partial charge in [0.05, 0.1) is 17.0 Å². The van der Waals surface area contributed by atoms with Crippen LogP contribution in [0.4, 0.5) is 5.69 Å². The molecule has 0 aromatic heterocycles. The molecule has 1 fully saturated rings. The van der Waals surface area contributed by atoms with E-state index in [0.717, 1.165) is 16.8 Å². The van der Waals surface area contributed by atoms with Crippen LogP contribution in [0.15, 0.2) is 66.7 Å². The van der Waals surface area contributed by atoms with Gasteiger partial charge in [-0.25, -0.2) is 4.90 Å². The van der Waals surface area contributed by atoms with Gasteiger partial charge in [0, 0.05) is 11.8 Å². The Labute approximate surface area is 176 Å². The fourth-order valence-electron chi connectivity index (χ4n) is 6.30. The van der Waals surface area contributed by atoms with Gasteiger partial charge >= 0.3 is 0 Å². The van der Waals surface area contributed by atoms with E-state index in [-0.39, 0.29) is 29.6 Å². The van der Waals surface area contributed by atoms with Gasteiger partial charge < -0.3 is 0 Å². The molecular weight excluding hydrogens is 370 g/mol. The van der Waals surface area contributed by atoms with Crippen LogP contribution in [0.2, 0.25) is 0 Å². The summed E-state index contributed by atoms with van der Waals surface area (Å²) >= 11 is 0. The van der Waals surface area contributed by atoms with Gasteiger partial charge in [-0.1, -0.05) is 60.7 Å². The fourth-order valence-corrected chi connectivity index (χ4v) is 6.30. The van der Waals surface area contributed by atoms with Crippen LogP contribution in [0.1, 0.15) is 52.1 Å². The Morgan fingerprint density at radius 3 is 1.97 bits per heavy atom. The minimum Gasteiger partial charge on any atom is -0.274 e. The van der Waals surface area contributed by atoms with E-state index in [1.54, 1.807) is 0 Å². The Hall–Kier alpha value is -3.20. The summed E-state index contributed by atoms with van der Waals surface area (Å²) < 4.78 is 0. The van der Waals surface area contributed by atoms with E-state index in [0.29, 0.717) is 0 Å². The molecular formula is C27H23NO2. The molecule has 2 amide bonds. The van der Waals surface area contributed by atoms with E-state index in [4.69, 9.17) is 0 Å². The molecule has 30 heavy (non-hydrogen) atoms. The summed E-state index contributed by atoms with van der Waals surface area (Å²) in [6.07, 6.45) is 0. The number of amides is 2. The number of rotatable bonds is 1. The molecule has 0 spiro atoms. The van der Waals surface area contributed by atoms with Gasteiger partial charge in [-0.05, 0) is 60.2 Å². The van der Waals surface area contributed by atoms with Crippen molar-refractivity contribution in [2.24, 2.45) is 11.3 Å². The minimum absolute atomic E-state index is 0.0600. The van der Waals surface area contributed by atoms with E-state index < -0.39 is 5.41 Å². The van der Waals surface area contributed by atoms with E-state index >= 15 is 0 Å². The zero-order chi connectivity index (χ0) is 20.8. The summed E-state index contributed by atoms with van der Waals surface area (Å²) in [6.45, 7) is 5.99. The SMILES string of the molecule is Cc1ccc(C)c(N2C(=O)[C@@H]3C4c5ccccc5C(c5ccccc54)[C@]3(C)C2=O)c1. The van der Waals surface area contributed by atoms with Gasteiger partial charge in [0.2, 0.25) is 11.8 Å². The lowest BCUT2D eigenvalue weighted by molar-refractivity contribution is -0.128. The number of carbonyl (C=O) groups is 2. The topological polar surface area (TPSA) is 37.4 Å². The number of hydrogen-bond donors (Lipinski definition) is 0. The maximum absolute atomic E-state index is 14.1. The highest BCUT2D eigenvalue weighted by atomic mass is 16.2. The van der Waals surface area contributed by atoms with Crippen LogP contribution in [-0.4, -0.2) is 11.8 Å². The number of anilines is 1. The number of imide groups is 1. The molecule has 0 radical (unpaired) electrons. The first kappa shape index (κ1) is 17.6. The van der Waals surface area contributed by atoms with Crippen molar-refractivity contribution >= 4 is 17.5 Å². The summed E-state index contributed by atoms with van der Waals surface area (Å²) in [4.78, 5) is 29.5. The van der Waals surface area contributed by atoms with Crippen LogP contribution < -0.4 is 4.90 Å². The van der Waals surface area contributed by atoms with Crippen molar-refractivity contribution in [1.29, 1.82) is 0 Å². The first-order valence-corrected chi connectivity index (χ1v) is 10.6. The first-order valence-electron chi connectivity index (χ1n) is 10.6. The largest absolute Gasteiger partial charge is 0.274 e. The highest BCUT2D eigenvalue weighted by molar-refractivity contribution is 6.25. The van der Waals surface area contributed by atoms with Crippen LogP contribution in [0, 0.1) is 25.2 Å². The minimum atomic E-state index is -0.777. The number of nitrogens with zero attached hydrogens (tertiary/aromatic N) is 1. The normalized spacial score (nSPS) is 28.4. The molecule has 148 valence electrons. The lowest BCUT2D eigenvalue weighted by atomic mass is 9.48. The molecule has 1 heterocycles. The smallest absolute Gasteiger partial charge is 0.241 e. The number of aryl methyl sites for hydroxylation is 2. The molecule has 1 aliphatic heterocycles. The molecule has 0 N–H and O–H groups in total. The summed E-state index contributed by atoms with van der Waals surface area (Å²) in [7, 11) is 0. The molecule has 3 aliphatic carbocycles. The molecule has 7 rings (SSSR count). The maximum atomic E-state index is 14.1. The van der Waals surface area contributed by atoms with E-state index in [1.807, 2.05) is 63.2 Å². The average molecular weight is 393 g/mol. The first-order chi connectivity index (χ1) is 14.4. The Morgan fingerprint density at radius 1 is 0.800 bits per heavy atom. The highest BCUT2D eigenvalue weighted by Gasteiger charge is 2.68. The Balaban J connectivity index is 1.63. The van der Waals surface area contributed by atoms with Gasteiger partial charge in [0.1, 0.15) is 0 Å². The predicted octanol–water partition coefficient (Wildman–Crippen LogP) is 5.09. The molecule has 2 atom stereocenters. The molecule has 3 aromatic carbocycles. The lowest BCUT2D eigenvalue weighted by Crippen LogP contribution is -2.49. The molecule has 3 nitrogen and oxygen atoms in total. The number of carbonyl (C=O) groups excluding carboxylic acids is 2. The Bertz CT molecular complexity index is 1210. The second-order valence-electron chi connectivity index (χ2n) is 9.20. The van der Waals surface area contributed by atoms with Crippen LogP contribution >= 0.6 is 0 Å². The fraction of sp³-hybridized carbons (Fsp3) is 0.259. The number of hydrogen-bond acceptors (Lipinski definition) is 2.